The minimum Gasteiger partial charge on any atom is -0.485 e. The number of benzene rings is 3. The van der Waals surface area contributed by atoms with Crippen molar-refractivity contribution in [3.63, 3.8) is 0 Å². The zero-order valence-electron chi connectivity index (χ0n) is 16.5. The van der Waals surface area contributed by atoms with E-state index < -0.39 is 0 Å². The molecule has 146 valence electrons. The third-order valence-electron chi connectivity index (χ3n) is 4.45. The SMILES string of the molecule is CC(C)Nc1ccc(-c2ccc(-c3ccc(OCC=O)c(C#N)c3)cc2)cc1N. The maximum Gasteiger partial charge on any atom is 0.157 e. The van der Waals surface area contributed by atoms with Gasteiger partial charge in [-0.1, -0.05) is 36.4 Å². The van der Waals surface area contributed by atoms with Crippen molar-refractivity contribution in [2.45, 2.75) is 19.9 Å². The number of nitrogens with two attached hydrogens (primary N) is 1. The first-order chi connectivity index (χ1) is 14.0. The maximum absolute atomic E-state index is 10.5. The van der Waals surface area contributed by atoms with E-state index in [1.165, 1.54) is 0 Å². The van der Waals surface area contributed by atoms with Crippen LogP contribution in [0.2, 0.25) is 0 Å². The first kappa shape index (κ1) is 20.0. The molecule has 3 aromatic carbocycles. The zero-order chi connectivity index (χ0) is 20.8. The number of rotatable bonds is 7. The van der Waals surface area contributed by atoms with E-state index in [9.17, 15) is 10.1 Å². The van der Waals surface area contributed by atoms with Gasteiger partial charge in [-0.3, -0.25) is 4.79 Å². The van der Waals surface area contributed by atoms with Crippen molar-refractivity contribution >= 4 is 17.7 Å². The van der Waals surface area contributed by atoms with Crippen LogP contribution in [0.4, 0.5) is 11.4 Å². The number of hydrogen-bond acceptors (Lipinski definition) is 5. The quantitative estimate of drug-likeness (QED) is 0.447. The second-order valence-electron chi connectivity index (χ2n) is 6.98. The summed E-state index contributed by atoms with van der Waals surface area (Å²) in [5, 5.41) is 12.7. The summed E-state index contributed by atoms with van der Waals surface area (Å²) in [7, 11) is 0. The summed E-state index contributed by atoms with van der Waals surface area (Å²) < 4.78 is 5.28. The lowest BCUT2D eigenvalue weighted by molar-refractivity contribution is -0.109. The molecule has 0 aliphatic rings. The summed E-state index contributed by atoms with van der Waals surface area (Å²) in [6.07, 6.45) is 0.659. The fourth-order valence-electron chi connectivity index (χ4n) is 3.09. The van der Waals surface area contributed by atoms with Gasteiger partial charge in [0.05, 0.1) is 16.9 Å². The molecule has 0 radical (unpaired) electrons. The molecule has 0 heterocycles. The molecule has 0 bridgehead atoms. The Kier molecular flexibility index (Phi) is 6.16. The van der Waals surface area contributed by atoms with Gasteiger partial charge in [-0.25, -0.2) is 0 Å². The van der Waals surface area contributed by atoms with Crippen LogP contribution < -0.4 is 15.8 Å². The first-order valence-electron chi connectivity index (χ1n) is 9.39. The van der Waals surface area contributed by atoms with Gasteiger partial charge in [0, 0.05) is 6.04 Å². The monoisotopic (exact) mass is 385 g/mol. The Bertz CT molecular complexity index is 1050. The minimum absolute atomic E-state index is 0.0721. The topological polar surface area (TPSA) is 88.1 Å². The third kappa shape index (κ3) is 4.74. The Hall–Kier alpha value is -3.78. The van der Waals surface area contributed by atoms with Crippen LogP contribution in [-0.4, -0.2) is 18.9 Å². The molecule has 0 atom stereocenters. The van der Waals surface area contributed by atoms with Gasteiger partial charge in [0.25, 0.3) is 0 Å². The van der Waals surface area contributed by atoms with Crippen molar-refractivity contribution in [1.82, 2.24) is 0 Å². The Labute approximate surface area is 170 Å². The van der Waals surface area contributed by atoms with Crippen LogP contribution in [0.3, 0.4) is 0 Å². The number of anilines is 2. The first-order valence-corrected chi connectivity index (χ1v) is 9.39. The van der Waals surface area contributed by atoms with Gasteiger partial charge < -0.3 is 15.8 Å². The molecular formula is C24H23N3O2. The molecule has 0 aliphatic carbocycles. The Morgan fingerprint density at radius 1 is 1.00 bits per heavy atom. The van der Waals surface area contributed by atoms with E-state index in [2.05, 4.69) is 25.2 Å². The molecule has 0 saturated heterocycles. The van der Waals surface area contributed by atoms with Gasteiger partial charge in [-0.15, -0.1) is 0 Å². The van der Waals surface area contributed by atoms with Crippen molar-refractivity contribution in [2.24, 2.45) is 0 Å². The van der Waals surface area contributed by atoms with E-state index in [4.69, 9.17) is 10.5 Å². The van der Waals surface area contributed by atoms with Crippen LogP contribution in [0.5, 0.6) is 5.75 Å². The lowest BCUT2D eigenvalue weighted by atomic mass is 9.98. The van der Waals surface area contributed by atoms with Crippen molar-refractivity contribution in [2.75, 3.05) is 17.7 Å². The Morgan fingerprint density at radius 3 is 2.14 bits per heavy atom. The normalized spacial score (nSPS) is 10.4. The average Bonchev–Trinajstić information content (AvgIpc) is 2.73. The fraction of sp³-hybridized carbons (Fsp3) is 0.167. The highest BCUT2D eigenvalue weighted by atomic mass is 16.5. The summed E-state index contributed by atoms with van der Waals surface area (Å²) >= 11 is 0. The lowest BCUT2D eigenvalue weighted by Crippen LogP contribution is -2.11. The molecule has 3 rings (SSSR count). The van der Waals surface area contributed by atoms with Crippen molar-refractivity contribution in [1.29, 1.82) is 5.26 Å². The molecule has 3 N–H and O–H groups in total. The van der Waals surface area contributed by atoms with Gasteiger partial charge in [-0.05, 0) is 60.4 Å². The molecular weight excluding hydrogens is 362 g/mol. The number of nitrogens with one attached hydrogen (secondary N) is 1. The number of hydrogen-bond donors (Lipinski definition) is 2. The highest BCUT2D eigenvalue weighted by Crippen LogP contribution is 2.31. The van der Waals surface area contributed by atoms with Crippen molar-refractivity contribution < 1.29 is 9.53 Å². The number of ether oxygens (including phenoxy) is 1. The predicted octanol–water partition coefficient (Wildman–Crippen LogP) is 4.87. The molecule has 5 heteroatoms. The largest absolute Gasteiger partial charge is 0.485 e. The summed E-state index contributed by atoms with van der Waals surface area (Å²) in [6.45, 7) is 4.08. The minimum atomic E-state index is -0.0721. The van der Waals surface area contributed by atoms with E-state index >= 15 is 0 Å². The molecule has 29 heavy (non-hydrogen) atoms. The van der Waals surface area contributed by atoms with Crippen LogP contribution in [0.1, 0.15) is 19.4 Å². The van der Waals surface area contributed by atoms with Crippen molar-refractivity contribution in [3.8, 4) is 34.1 Å². The Morgan fingerprint density at radius 2 is 1.59 bits per heavy atom. The fourth-order valence-corrected chi connectivity index (χ4v) is 3.09. The number of nitrogen functional groups attached to an aromatic ring is 1. The second kappa shape index (κ2) is 8.94. The molecule has 0 aromatic heterocycles. The molecule has 0 saturated carbocycles. The molecule has 0 aliphatic heterocycles. The highest BCUT2D eigenvalue weighted by Gasteiger charge is 2.08. The number of nitrogens with zero attached hydrogens (tertiary/aromatic N) is 1. The molecule has 0 amide bonds. The van der Waals surface area contributed by atoms with E-state index in [0.717, 1.165) is 27.9 Å². The average molecular weight is 385 g/mol. The standard InChI is InChI=1S/C24H23N3O2/c1-16(2)27-23-9-7-20(14-22(23)26)18-5-3-17(4-6-18)19-8-10-24(29-12-11-28)21(13-19)15-25/h3-11,13-14,16,27H,12,26H2,1-2H3. The van der Waals surface area contributed by atoms with E-state index in [-0.39, 0.29) is 6.61 Å². The summed E-state index contributed by atoms with van der Waals surface area (Å²) in [5.41, 5.74) is 12.2. The zero-order valence-corrected chi connectivity index (χ0v) is 16.5. The van der Waals surface area contributed by atoms with E-state index in [1.807, 2.05) is 48.5 Å². The number of aldehydes is 1. The predicted molar refractivity (Wildman–Crippen MR) is 117 cm³/mol. The maximum atomic E-state index is 10.5. The summed E-state index contributed by atoms with van der Waals surface area (Å²) in [5.74, 6) is 0.408. The highest BCUT2D eigenvalue weighted by molar-refractivity contribution is 5.78. The van der Waals surface area contributed by atoms with Crippen molar-refractivity contribution in [3.05, 3.63) is 66.2 Å². The van der Waals surface area contributed by atoms with Crippen LogP contribution in [0.25, 0.3) is 22.3 Å². The molecule has 5 nitrogen and oxygen atoms in total. The Balaban J connectivity index is 1.84. The summed E-state index contributed by atoms with van der Waals surface area (Å²) in [4.78, 5) is 10.5. The molecule has 0 fully saturated rings. The van der Waals surface area contributed by atoms with E-state index in [0.29, 0.717) is 29.3 Å². The smallest absolute Gasteiger partial charge is 0.157 e. The number of carbonyl (C=O) groups excluding carboxylic acids is 1. The van der Waals surface area contributed by atoms with Crippen LogP contribution in [0.15, 0.2) is 60.7 Å². The van der Waals surface area contributed by atoms with Crippen LogP contribution in [0, 0.1) is 11.3 Å². The van der Waals surface area contributed by atoms with Gasteiger partial charge in [0.2, 0.25) is 0 Å². The number of nitriles is 1. The van der Waals surface area contributed by atoms with Crippen LogP contribution in [-0.2, 0) is 4.79 Å². The summed E-state index contributed by atoms with van der Waals surface area (Å²) in [6, 6.07) is 21.9. The third-order valence-corrected chi connectivity index (χ3v) is 4.45. The van der Waals surface area contributed by atoms with Gasteiger partial charge in [0.1, 0.15) is 18.4 Å². The molecule has 3 aromatic rings. The van der Waals surface area contributed by atoms with Gasteiger partial charge >= 0.3 is 0 Å². The number of carbonyl (C=O) groups is 1. The lowest BCUT2D eigenvalue weighted by Gasteiger charge is -2.14. The van der Waals surface area contributed by atoms with Gasteiger partial charge in [-0.2, -0.15) is 5.26 Å². The second-order valence-corrected chi connectivity index (χ2v) is 6.98. The molecule has 0 unspecified atom stereocenters. The van der Waals surface area contributed by atoms with E-state index in [1.54, 1.807) is 12.1 Å². The van der Waals surface area contributed by atoms with Crippen LogP contribution >= 0.6 is 0 Å². The van der Waals surface area contributed by atoms with Gasteiger partial charge in [0.15, 0.2) is 6.29 Å². The molecule has 0 spiro atoms.